The molecular weight excluding hydrogens is 302 g/mol. The highest BCUT2D eigenvalue weighted by atomic mass is 16.5. The van der Waals surface area contributed by atoms with Crippen LogP contribution in [0.3, 0.4) is 0 Å². The maximum Gasteiger partial charge on any atom is 0.259 e. The highest BCUT2D eigenvalue weighted by molar-refractivity contribution is 5.85. The molecule has 2 aromatic rings. The molecule has 2 aromatic carbocycles. The third-order valence-electron chi connectivity index (χ3n) is 3.51. The Hall–Kier alpha value is -2.82. The molecule has 2 N–H and O–H groups in total. The van der Waals surface area contributed by atoms with Gasteiger partial charge in [-0.05, 0) is 37.5 Å². The number of ether oxygens (including phenoxy) is 1. The molecule has 2 rings (SSSR count). The summed E-state index contributed by atoms with van der Waals surface area (Å²) in [5.41, 5.74) is 5.56. The molecule has 0 saturated heterocycles. The van der Waals surface area contributed by atoms with Gasteiger partial charge in [-0.25, -0.2) is 5.43 Å². The first-order valence-electron chi connectivity index (χ1n) is 7.91. The molecule has 0 radical (unpaired) electrons. The van der Waals surface area contributed by atoms with E-state index in [-0.39, 0.29) is 12.5 Å². The Kier molecular flexibility index (Phi) is 6.83. The van der Waals surface area contributed by atoms with Crippen molar-refractivity contribution in [3.05, 3.63) is 60.2 Å². The number of methoxy groups -OCH3 is 1. The first-order chi connectivity index (χ1) is 11.7. The molecule has 0 heterocycles. The van der Waals surface area contributed by atoms with Crippen molar-refractivity contribution in [2.45, 2.75) is 19.8 Å². The summed E-state index contributed by atoms with van der Waals surface area (Å²) in [6, 6.07) is 17.7. The van der Waals surface area contributed by atoms with Crippen LogP contribution in [0, 0.1) is 0 Å². The summed E-state index contributed by atoms with van der Waals surface area (Å²) in [5.74, 6) is 0.562. The van der Waals surface area contributed by atoms with Gasteiger partial charge in [0.25, 0.3) is 5.91 Å². The Bertz CT molecular complexity index is 684. The largest absolute Gasteiger partial charge is 0.497 e. The Labute approximate surface area is 142 Å². The van der Waals surface area contributed by atoms with Crippen LogP contribution >= 0.6 is 0 Å². The molecule has 1 amide bonds. The van der Waals surface area contributed by atoms with E-state index in [0.29, 0.717) is 0 Å². The number of aryl methyl sites for hydroxylation is 1. The van der Waals surface area contributed by atoms with E-state index in [1.165, 1.54) is 5.56 Å². The van der Waals surface area contributed by atoms with Gasteiger partial charge >= 0.3 is 0 Å². The van der Waals surface area contributed by atoms with Gasteiger partial charge in [0.05, 0.1) is 13.7 Å². The molecule has 0 aliphatic heterocycles. The molecule has 0 bridgehead atoms. The van der Waals surface area contributed by atoms with E-state index >= 15 is 0 Å². The lowest BCUT2D eigenvalue weighted by Gasteiger charge is -2.07. The first-order valence-corrected chi connectivity index (χ1v) is 7.91. The van der Waals surface area contributed by atoms with E-state index in [4.69, 9.17) is 4.74 Å². The summed E-state index contributed by atoms with van der Waals surface area (Å²) in [4.78, 5) is 11.8. The second-order valence-electron chi connectivity index (χ2n) is 5.45. The van der Waals surface area contributed by atoms with Gasteiger partial charge in [0.1, 0.15) is 5.75 Å². The lowest BCUT2D eigenvalue weighted by molar-refractivity contribution is -0.119. The number of hydrogen-bond donors (Lipinski definition) is 2. The standard InChI is InChI=1S/C19H23N3O2/c1-15(11-12-16-7-4-3-5-8-16)21-22-19(23)14-20-17-9-6-10-18(13-17)24-2/h3-10,13,20H,11-12,14H2,1-2H3,(H,22,23)/b21-15-. The van der Waals surface area contributed by atoms with Crippen LogP contribution in [-0.4, -0.2) is 25.3 Å². The Balaban J connectivity index is 1.73. The molecule has 0 atom stereocenters. The number of anilines is 1. The van der Waals surface area contributed by atoms with Gasteiger partial charge in [-0.15, -0.1) is 0 Å². The van der Waals surface area contributed by atoms with Crippen molar-refractivity contribution in [3.63, 3.8) is 0 Å². The predicted molar refractivity (Wildman–Crippen MR) is 97.5 cm³/mol. The number of amides is 1. The summed E-state index contributed by atoms with van der Waals surface area (Å²) in [6.45, 7) is 2.07. The van der Waals surface area contributed by atoms with Crippen molar-refractivity contribution in [1.29, 1.82) is 0 Å². The van der Waals surface area contributed by atoms with Gasteiger partial charge < -0.3 is 10.1 Å². The van der Waals surface area contributed by atoms with E-state index in [9.17, 15) is 4.79 Å². The van der Waals surface area contributed by atoms with Gasteiger partial charge in [0.15, 0.2) is 0 Å². The average molecular weight is 325 g/mol. The number of hydrazone groups is 1. The van der Waals surface area contributed by atoms with Crippen molar-refractivity contribution in [1.82, 2.24) is 5.43 Å². The van der Waals surface area contributed by atoms with E-state index in [2.05, 4.69) is 28.0 Å². The average Bonchev–Trinajstić information content (AvgIpc) is 2.64. The zero-order valence-electron chi connectivity index (χ0n) is 14.1. The van der Waals surface area contributed by atoms with E-state index < -0.39 is 0 Å². The quantitative estimate of drug-likeness (QED) is 0.578. The number of benzene rings is 2. The van der Waals surface area contributed by atoms with Crippen molar-refractivity contribution >= 4 is 17.3 Å². The molecule has 0 aliphatic carbocycles. The Morgan fingerprint density at radius 2 is 1.92 bits per heavy atom. The second kappa shape index (κ2) is 9.35. The summed E-state index contributed by atoms with van der Waals surface area (Å²) in [5, 5.41) is 7.18. The van der Waals surface area contributed by atoms with Crippen LogP contribution in [0.15, 0.2) is 59.7 Å². The number of hydrogen-bond acceptors (Lipinski definition) is 4. The fourth-order valence-electron chi connectivity index (χ4n) is 2.14. The van der Waals surface area contributed by atoms with Gasteiger partial charge in [-0.1, -0.05) is 36.4 Å². The summed E-state index contributed by atoms with van der Waals surface area (Å²) in [6.07, 6.45) is 1.72. The van der Waals surface area contributed by atoms with Crippen molar-refractivity contribution in [3.8, 4) is 5.75 Å². The summed E-state index contributed by atoms with van der Waals surface area (Å²) >= 11 is 0. The van der Waals surface area contributed by atoms with E-state index in [0.717, 1.165) is 30.0 Å². The number of rotatable bonds is 8. The third kappa shape index (κ3) is 6.12. The summed E-state index contributed by atoms with van der Waals surface area (Å²) < 4.78 is 5.14. The zero-order valence-corrected chi connectivity index (χ0v) is 14.1. The fraction of sp³-hybridized carbons (Fsp3) is 0.263. The normalized spacial score (nSPS) is 11.0. The van der Waals surface area contributed by atoms with Crippen LogP contribution in [0.5, 0.6) is 5.75 Å². The minimum Gasteiger partial charge on any atom is -0.497 e. The smallest absolute Gasteiger partial charge is 0.259 e. The maximum atomic E-state index is 11.8. The van der Waals surface area contributed by atoms with Crippen LogP contribution in [-0.2, 0) is 11.2 Å². The molecule has 126 valence electrons. The molecule has 5 nitrogen and oxygen atoms in total. The van der Waals surface area contributed by atoms with Crippen LogP contribution in [0.25, 0.3) is 0 Å². The molecule has 0 unspecified atom stereocenters. The maximum absolute atomic E-state index is 11.8. The lowest BCUT2D eigenvalue weighted by Crippen LogP contribution is -2.26. The third-order valence-corrected chi connectivity index (χ3v) is 3.51. The minimum atomic E-state index is -0.183. The number of carbonyl (C=O) groups is 1. The highest BCUT2D eigenvalue weighted by Gasteiger charge is 2.02. The van der Waals surface area contributed by atoms with Gasteiger partial charge in [-0.2, -0.15) is 5.10 Å². The van der Waals surface area contributed by atoms with Crippen LogP contribution in [0.2, 0.25) is 0 Å². The van der Waals surface area contributed by atoms with Crippen LogP contribution in [0.1, 0.15) is 18.9 Å². The van der Waals surface area contributed by atoms with Crippen LogP contribution in [0.4, 0.5) is 5.69 Å². The zero-order chi connectivity index (χ0) is 17.2. The predicted octanol–water partition coefficient (Wildman–Crippen LogP) is 3.23. The molecule has 5 heteroatoms. The first kappa shape index (κ1) is 17.5. The molecular formula is C19H23N3O2. The van der Waals surface area contributed by atoms with Crippen molar-refractivity contribution < 1.29 is 9.53 Å². The molecule has 0 aliphatic rings. The van der Waals surface area contributed by atoms with E-state index in [1.54, 1.807) is 7.11 Å². The van der Waals surface area contributed by atoms with Gasteiger partial charge in [0.2, 0.25) is 0 Å². The number of nitrogens with zero attached hydrogens (tertiary/aromatic N) is 1. The van der Waals surface area contributed by atoms with Gasteiger partial charge in [-0.3, -0.25) is 4.79 Å². The lowest BCUT2D eigenvalue weighted by atomic mass is 10.1. The van der Waals surface area contributed by atoms with E-state index in [1.807, 2.05) is 49.4 Å². The molecule has 0 fully saturated rings. The SMILES string of the molecule is COc1cccc(NCC(=O)N/N=C(/C)CCc2ccccc2)c1. The van der Waals surface area contributed by atoms with Crippen LogP contribution < -0.4 is 15.5 Å². The van der Waals surface area contributed by atoms with Gasteiger partial charge in [0, 0.05) is 17.5 Å². The molecule has 24 heavy (non-hydrogen) atoms. The Morgan fingerprint density at radius 1 is 1.12 bits per heavy atom. The molecule has 0 spiro atoms. The monoisotopic (exact) mass is 325 g/mol. The summed E-state index contributed by atoms with van der Waals surface area (Å²) in [7, 11) is 1.61. The number of carbonyl (C=O) groups excluding carboxylic acids is 1. The molecule has 0 saturated carbocycles. The topological polar surface area (TPSA) is 62.7 Å². The number of nitrogens with one attached hydrogen (secondary N) is 2. The Morgan fingerprint density at radius 3 is 2.67 bits per heavy atom. The fourth-order valence-corrected chi connectivity index (χ4v) is 2.14. The van der Waals surface area contributed by atoms with Crippen molar-refractivity contribution in [2.24, 2.45) is 5.10 Å². The molecule has 0 aromatic heterocycles. The van der Waals surface area contributed by atoms with Crippen molar-refractivity contribution in [2.75, 3.05) is 19.0 Å². The highest BCUT2D eigenvalue weighted by Crippen LogP contribution is 2.16. The minimum absolute atomic E-state index is 0.155. The second-order valence-corrected chi connectivity index (χ2v) is 5.45.